The van der Waals surface area contributed by atoms with Gasteiger partial charge in [0.1, 0.15) is 0 Å². The molecule has 1 aromatic rings. The third-order valence-electron chi connectivity index (χ3n) is 3.68. The van der Waals surface area contributed by atoms with Crippen LogP contribution in [0.4, 0.5) is 0 Å². The van der Waals surface area contributed by atoms with Crippen LogP contribution in [0.1, 0.15) is 35.2 Å². The Morgan fingerprint density at radius 3 is 3.00 bits per heavy atom. The van der Waals surface area contributed by atoms with Gasteiger partial charge in [0, 0.05) is 5.56 Å². The lowest BCUT2D eigenvalue weighted by atomic mass is 9.95. The van der Waals surface area contributed by atoms with Gasteiger partial charge in [-0.15, -0.1) is 0 Å². The molecular weight excluding hydrogens is 228 g/mol. The average molecular weight is 242 g/mol. The molecule has 0 saturated carbocycles. The van der Waals surface area contributed by atoms with Crippen molar-refractivity contribution in [3.63, 3.8) is 0 Å². The Balaban J connectivity index is 1.69. The maximum absolute atomic E-state index is 12.1. The minimum Gasteiger partial charge on any atom is -0.373 e. The molecule has 2 saturated heterocycles. The topological polar surface area (TPSA) is 62.1 Å². The zero-order valence-corrected chi connectivity index (χ0v) is 9.93. The van der Waals surface area contributed by atoms with Crippen molar-refractivity contribution >= 4 is 5.91 Å². The van der Waals surface area contributed by atoms with Crippen molar-refractivity contribution in [2.75, 3.05) is 0 Å². The van der Waals surface area contributed by atoms with Gasteiger partial charge in [0.15, 0.2) is 0 Å². The summed E-state index contributed by atoms with van der Waals surface area (Å²) in [6.07, 6.45) is 3.56. The quantitative estimate of drug-likeness (QED) is 0.857. The number of carbonyl (C=O) groups is 1. The number of carbonyl (C=O) groups excluding carboxylic acids is 1. The molecule has 3 atom stereocenters. The summed E-state index contributed by atoms with van der Waals surface area (Å²) in [5.41, 5.74) is 1.05. The SMILES string of the molecule is N#Cc1cccc(C(=O)NC2CC3CCC2O3)c1. The highest BCUT2D eigenvalue weighted by atomic mass is 16.5. The maximum atomic E-state index is 12.1. The van der Waals surface area contributed by atoms with Crippen molar-refractivity contribution in [2.24, 2.45) is 0 Å². The molecule has 2 aliphatic heterocycles. The zero-order valence-electron chi connectivity index (χ0n) is 9.93. The number of benzene rings is 1. The molecule has 0 aromatic heterocycles. The van der Waals surface area contributed by atoms with Crippen LogP contribution < -0.4 is 5.32 Å². The number of fused-ring (bicyclic) bond motifs is 2. The predicted molar refractivity (Wildman–Crippen MR) is 64.9 cm³/mol. The van der Waals surface area contributed by atoms with Gasteiger partial charge >= 0.3 is 0 Å². The standard InChI is InChI=1S/C14H14N2O2/c15-8-9-2-1-3-10(6-9)14(17)16-12-7-11-4-5-13(12)18-11/h1-3,6,11-13H,4-5,7H2,(H,16,17). The highest BCUT2D eigenvalue weighted by Gasteiger charge is 2.41. The molecule has 3 unspecified atom stereocenters. The molecule has 3 rings (SSSR count). The fraction of sp³-hybridized carbons (Fsp3) is 0.429. The van der Waals surface area contributed by atoms with Crippen molar-refractivity contribution in [2.45, 2.75) is 37.5 Å². The molecule has 2 aliphatic rings. The van der Waals surface area contributed by atoms with E-state index in [0.717, 1.165) is 19.3 Å². The highest BCUT2D eigenvalue weighted by Crippen LogP contribution is 2.34. The first-order chi connectivity index (χ1) is 8.76. The lowest BCUT2D eigenvalue weighted by Gasteiger charge is -2.20. The fourth-order valence-corrected chi connectivity index (χ4v) is 2.77. The summed E-state index contributed by atoms with van der Waals surface area (Å²) >= 11 is 0. The van der Waals surface area contributed by atoms with Gasteiger partial charge in [0.05, 0.1) is 29.9 Å². The van der Waals surface area contributed by atoms with Crippen LogP contribution in [0.2, 0.25) is 0 Å². The van der Waals surface area contributed by atoms with Gasteiger partial charge in [-0.05, 0) is 37.5 Å². The van der Waals surface area contributed by atoms with E-state index in [-0.39, 0.29) is 18.1 Å². The van der Waals surface area contributed by atoms with E-state index in [0.29, 0.717) is 17.2 Å². The Bertz CT molecular complexity index is 521. The molecule has 1 aromatic carbocycles. The van der Waals surface area contributed by atoms with Crippen LogP contribution in [0.5, 0.6) is 0 Å². The van der Waals surface area contributed by atoms with Gasteiger partial charge in [0.25, 0.3) is 5.91 Å². The van der Waals surface area contributed by atoms with Gasteiger partial charge in [-0.25, -0.2) is 0 Å². The number of hydrogen-bond donors (Lipinski definition) is 1. The van der Waals surface area contributed by atoms with Crippen LogP contribution in [-0.4, -0.2) is 24.2 Å². The Labute approximate surface area is 106 Å². The molecule has 0 spiro atoms. The summed E-state index contributed by atoms with van der Waals surface area (Å²) in [6, 6.07) is 8.92. The highest BCUT2D eigenvalue weighted by molar-refractivity contribution is 5.94. The minimum atomic E-state index is -0.117. The minimum absolute atomic E-state index is 0.117. The molecule has 18 heavy (non-hydrogen) atoms. The second-order valence-corrected chi connectivity index (χ2v) is 4.88. The largest absolute Gasteiger partial charge is 0.373 e. The van der Waals surface area contributed by atoms with E-state index >= 15 is 0 Å². The van der Waals surface area contributed by atoms with E-state index in [4.69, 9.17) is 10.00 Å². The fourth-order valence-electron chi connectivity index (χ4n) is 2.77. The van der Waals surface area contributed by atoms with E-state index in [1.807, 2.05) is 6.07 Å². The van der Waals surface area contributed by atoms with Crippen molar-refractivity contribution < 1.29 is 9.53 Å². The predicted octanol–water partition coefficient (Wildman–Crippen LogP) is 1.61. The van der Waals surface area contributed by atoms with Crippen LogP contribution in [0, 0.1) is 11.3 Å². The van der Waals surface area contributed by atoms with Crippen LogP contribution in [0.25, 0.3) is 0 Å². The van der Waals surface area contributed by atoms with E-state index in [9.17, 15) is 4.79 Å². The Morgan fingerprint density at radius 2 is 2.33 bits per heavy atom. The molecule has 1 N–H and O–H groups in total. The molecule has 2 heterocycles. The van der Waals surface area contributed by atoms with Gasteiger partial charge in [-0.1, -0.05) is 6.07 Å². The second-order valence-electron chi connectivity index (χ2n) is 4.88. The third kappa shape index (κ3) is 1.98. The lowest BCUT2D eigenvalue weighted by molar-refractivity contribution is 0.0841. The number of ether oxygens (including phenoxy) is 1. The van der Waals surface area contributed by atoms with E-state index in [2.05, 4.69) is 5.32 Å². The lowest BCUT2D eigenvalue weighted by Crippen LogP contribution is -2.41. The first-order valence-corrected chi connectivity index (χ1v) is 6.23. The normalized spacial score (nSPS) is 28.9. The summed E-state index contributed by atoms with van der Waals surface area (Å²) in [5, 5.41) is 11.8. The first-order valence-electron chi connectivity index (χ1n) is 6.23. The number of rotatable bonds is 2. The van der Waals surface area contributed by atoms with Crippen molar-refractivity contribution in [3.8, 4) is 6.07 Å². The number of amides is 1. The Hall–Kier alpha value is -1.86. The van der Waals surface area contributed by atoms with Crippen LogP contribution in [0.3, 0.4) is 0 Å². The molecule has 1 amide bonds. The molecule has 2 bridgehead atoms. The molecule has 0 radical (unpaired) electrons. The summed E-state index contributed by atoms with van der Waals surface area (Å²) < 4.78 is 5.70. The van der Waals surface area contributed by atoms with Gasteiger partial charge in [0.2, 0.25) is 0 Å². The van der Waals surface area contributed by atoms with Gasteiger partial charge in [-0.3, -0.25) is 4.79 Å². The third-order valence-corrected chi connectivity index (χ3v) is 3.68. The number of nitrogens with zero attached hydrogens (tertiary/aromatic N) is 1. The molecule has 4 nitrogen and oxygen atoms in total. The van der Waals surface area contributed by atoms with Crippen molar-refractivity contribution in [1.29, 1.82) is 5.26 Å². The molecule has 4 heteroatoms. The van der Waals surface area contributed by atoms with Gasteiger partial charge < -0.3 is 10.1 Å². The molecule has 2 fully saturated rings. The Morgan fingerprint density at radius 1 is 1.44 bits per heavy atom. The summed E-state index contributed by atoms with van der Waals surface area (Å²) in [5.74, 6) is -0.117. The van der Waals surface area contributed by atoms with Crippen LogP contribution in [0.15, 0.2) is 24.3 Å². The summed E-state index contributed by atoms with van der Waals surface area (Å²) in [6.45, 7) is 0. The summed E-state index contributed by atoms with van der Waals surface area (Å²) in [4.78, 5) is 12.1. The Kier molecular flexibility index (Phi) is 2.77. The number of nitrogens with one attached hydrogen (secondary N) is 1. The molecular formula is C14H14N2O2. The first kappa shape index (κ1) is 11.2. The monoisotopic (exact) mass is 242 g/mol. The zero-order chi connectivity index (χ0) is 12.5. The van der Waals surface area contributed by atoms with Crippen molar-refractivity contribution in [1.82, 2.24) is 5.32 Å². The maximum Gasteiger partial charge on any atom is 0.251 e. The van der Waals surface area contributed by atoms with E-state index in [1.54, 1.807) is 24.3 Å². The number of nitriles is 1. The van der Waals surface area contributed by atoms with E-state index < -0.39 is 0 Å². The summed E-state index contributed by atoms with van der Waals surface area (Å²) in [7, 11) is 0. The smallest absolute Gasteiger partial charge is 0.251 e. The number of hydrogen-bond acceptors (Lipinski definition) is 3. The van der Waals surface area contributed by atoms with Crippen LogP contribution >= 0.6 is 0 Å². The van der Waals surface area contributed by atoms with Crippen LogP contribution in [-0.2, 0) is 4.74 Å². The molecule has 92 valence electrons. The second kappa shape index (κ2) is 4.43. The van der Waals surface area contributed by atoms with Crippen molar-refractivity contribution in [3.05, 3.63) is 35.4 Å². The van der Waals surface area contributed by atoms with E-state index in [1.165, 1.54) is 0 Å². The molecule has 0 aliphatic carbocycles. The average Bonchev–Trinajstić information content (AvgIpc) is 3.01. The van der Waals surface area contributed by atoms with Gasteiger partial charge in [-0.2, -0.15) is 5.26 Å².